The van der Waals surface area contributed by atoms with E-state index < -0.39 is 11.5 Å². The topological polar surface area (TPSA) is 78.6 Å². The van der Waals surface area contributed by atoms with Crippen LogP contribution in [0.2, 0.25) is 0 Å². The summed E-state index contributed by atoms with van der Waals surface area (Å²) >= 11 is 0. The minimum atomic E-state index is -1.09. The third kappa shape index (κ3) is 3.47. The highest BCUT2D eigenvalue weighted by Crippen LogP contribution is 2.62. The van der Waals surface area contributed by atoms with Crippen molar-refractivity contribution in [3.8, 4) is 0 Å². The normalized spacial score (nSPS) is 28.3. The summed E-state index contributed by atoms with van der Waals surface area (Å²) in [4.78, 5) is 25.1. The number of nitrogens with two attached hydrogens (primary N) is 1. The number of hydrogen-bond donors (Lipinski definition) is 1. The zero-order valence-corrected chi connectivity index (χ0v) is 15.0. The second-order valence-corrected chi connectivity index (χ2v) is 7.45. The van der Waals surface area contributed by atoms with Gasteiger partial charge < -0.3 is 15.2 Å². The van der Waals surface area contributed by atoms with Gasteiger partial charge in [-0.15, -0.1) is 0 Å². The van der Waals surface area contributed by atoms with E-state index in [1.54, 1.807) is 0 Å². The third-order valence-corrected chi connectivity index (χ3v) is 5.74. The lowest BCUT2D eigenvalue weighted by Crippen LogP contribution is -2.50. The van der Waals surface area contributed by atoms with Crippen LogP contribution in [-0.2, 0) is 32.3 Å². The van der Waals surface area contributed by atoms with E-state index >= 15 is 0 Å². The molecule has 140 valence electrons. The Morgan fingerprint density at radius 2 is 1.48 bits per heavy atom. The molecule has 2 N–H and O–H groups in total. The highest BCUT2D eigenvalue weighted by atomic mass is 16.5. The number of esters is 2. The monoisotopic (exact) mass is 365 g/mol. The molecular weight excluding hydrogens is 342 g/mol. The number of fused-ring (bicyclic) bond motifs is 1. The van der Waals surface area contributed by atoms with Crippen molar-refractivity contribution in [3.63, 3.8) is 0 Å². The molecule has 0 heterocycles. The maximum Gasteiger partial charge on any atom is 0.326 e. The maximum atomic E-state index is 12.6. The lowest BCUT2D eigenvalue weighted by Gasteiger charge is -2.25. The van der Waals surface area contributed by atoms with Crippen molar-refractivity contribution in [2.75, 3.05) is 0 Å². The van der Waals surface area contributed by atoms with Crippen molar-refractivity contribution in [1.29, 1.82) is 0 Å². The Morgan fingerprint density at radius 1 is 0.926 bits per heavy atom. The molecule has 0 amide bonds. The van der Waals surface area contributed by atoms with Crippen LogP contribution in [0.15, 0.2) is 60.7 Å². The molecule has 27 heavy (non-hydrogen) atoms. The van der Waals surface area contributed by atoms with Crippen LogP contribution in [0.3, 0.4) is 0 Å². The van der Waals surface area contributed by atoms with Crippen molar-refractivity contribution in [1.82, 2.24) is 0 Å². The molecule has 5 nitrogen and oxygen atoms in total. The molecule has 2 aliphatic rings. The van der Waals surface area contributed by atoms with E-state index in [-0.39, 0.29) is 36.9 Å². The van der Waals surface area contributed by atoms with Gasteiger partial charge in [-0.3, -0.25) is 9.59 Å². The van der Waals surface area contributed by atoms with Gasteiger partial charge in [-0.05, 0) is 29.9 Å². The van der Waals surface area contributed by atoms with Gasteiger partial charge in [-0.2, -0.15) is 0 Å². The molecule has 0 aliphatic heterocycles. The fourth-order valence-corrected chi connectivity index (χ4v) is 4.25. The number of ether oxygens (including phenoxy) is 2. The molecule has 5 heteroatoms. The van der Waals surface area contributed by atoms with Gasteiger partial charge in [0.2, 0.25) is 0 Å². The highest BCUT2D eigenvalue weighted by molar-refractivity contribution is 5.87. The quantitative estimate of drug-likeness (QED) is 0.797. The zero-order valence-electron chi connectivity index (χ0n) is 15.0. The first kappa shape index (κ1) is 17.7. The van der Waals surface area contributed by atoms with Gasteiger partial charge in [0.05, 0.1) is 5.92 Å². The fraction of sp³-hybridized carbons (Fsp3) is 0.364. The number of carbonyl (C=O) groups is 2. The van der Waals surface area contributed by atoms with Gasteiger partial charge in [0.1, 0.15) is 18.8 Å². The summed E-state index contributed by atoms with van der Waals surface area (Å²) in [5.74, 6) is -1.03. The number of rotatable bonds is 6. The Hall–Kier alpha value is -2.66. The van der Waals surface area contributed by atoms with Crippen LogP contribution < -0.4 is 5.73 Å². The molecule has 0 saturated heterocycles. The van der Waals surface area contributed by atoms with E-state index in [0.717, 1.165) is 17.5 Å². The van der Waals surface area contributed by atoms with E-state index in [1.807, 2.05) is 60.7 Å². The molecule has 4 rings (SSSR count). The van der Waals surface area contributed by atoms with Gasteiger partial charge in [-0.1, -0.05) is 60.7 Å². The SMILES string of the molecule is NC1(C(=O)OCc2ccccc2)CCC2C(C(=O)OCc3ccccc3)C21. The Balaban J connectivity index is 1.33. The largest absolute Gasteiger partial charge is 0.461 e. The summed E-state index contributed by atoms with van der Waals surface area (Å²) < 4.78 is 10.9. The van der Waals surface area contributed by atoms with Gasteiger partial charge in [0.15, 0.2) is 0 Å². The summed E-state index contributed by atoms with van der Waals surface area (Å²) in [6.07, 6.45) is 1.31. The molecule has 0 radical (unpaired) electrons. The third-order valence-electron chi connectivity index (χ3n) is 5.74. The zero-order chi connectivity index (χ0) is 18.9. The molecule has 2 fully saturated rings. The highest BCUT2D eigenvalue weighted by Gasteiger charge is 2.70. The van der Waals surface area contributed by atoms with Crippen molar-refractivity contribution >= 4 is 11.9 Å². The van der Waals surface area contributed by atoms with E-state index in [1.165, 1.54) is 0 Å². The minimum absolute atomic E-state index is 0.127. The first-order chi connectivity index (χ1) is 13.1. The summed E-state index contributed by atoms with van der Waals surface area (Å²) in [6.45, 7) is 0.435. The average Bonchev–Trinajstić information content (AvgIpc) is 3.35. The Morgan fingerprint density at radius 3 is 2.07 bits per heavy atom. The van der Waals surface area contributed by atoms with Crippen molar-refractivity contribution < 1.29 is 19.1 Å². The Labute approximate surface area is 158 Å². The summed E-state index contributed by atoms with van der Waals surface area (Å²) in [7, 11) is 0. The molecule has 2 saturated carbocycles. The molecule has 2 aromatic rings. The molecule has 0 spiro atoms. The summed E-state index contributed by atoms with van der Waals surface area (Å²) in [6, 6.07) is 19.0. The maximum absolute atomic E-state index is 12.6. The second kappa shape index (κ2) is 7.16. The van der Waals surface area contributed by atoms with Crippen LogP contribution >= 0.6 is 0 Å². The standard InChI is InChI=1S/C22H23NO4/c23-22(21(25)27-14-16-9-5-2-6-10-16)12-11-17-18(19(17)22)20(24)26-13-15-7-3-1-4-8-15/h1-10,17-19H,11-14,23H2. The van der Waals surface area contributed by atoms with E-state index in [4.69, 9.17) is 15.2 Å². The van der Waals surface area contributed by atoms with Gasteiger partial charge >= 0.3 is 11.9 Å². The minimum Gasteiger partial charge on any atom is -0.461 e. The molecule has 0 aromatic heterocycles. The van der Waals surface area contributed by atoms with E-state index in [2.05, 4.69) is 0 Å². The smallest absolute Gasteiger partial charge is 0.326 e. The molecule has 2 aromatic carbocycles. The number of carbonyl (C=O) groups excluding carboxylic acids is 2. The summed E-state index contributed by atoms with van der Waals surface area (Å²) in [5.41, 5.74) is 7.18. The van der Waals surface area contributed by atoms with E-state index in [0.29, 0.717) is 6.42 Å². The lowest BCUT2D eigenvalue weighted by atomic mass is 9.91. The summed E-state index contributed by atoms with van der Waals surface area (Å²) in [5, 5.41) is 0. The first-order valence-electron chi connectivity index (χ1n) is 9.30. The van der Waals surface area contributed by atoms with Crippen molar-refractivity contribution in [2.24, 2.45) is 23.5 Å². The van der Waals surface area contributed by atoms with Crippen molar-refractivity contribution in [3.05, 3.63) is 71.8 Å². The van der Waals surface area contributed by atoms with Crippen LogP contribution in [0.25, 0.3) is 0 Å². The fourth-order valence-electron chi connectivity index (χ4n) is 4.25. The van der Waals surface area contributed by atoms with Crippen LogP contribution in [0.4, 0.5) is 0 Å². The van der Waals surface area contributed by atoms with Crippen LogP contribution in [0.1, 0.15) is 24.0 Å². The van der Waals surface area contributed by atoms with Crippen LogP contribution in [0, 0.1) is 17.8 Å². The molecule has 4 atom stereocenters. The number of benzene rings is 2. The lowest BCUT2D eigenvalue weighted by molar-refractivity contribution is -0.153. The van der Waals surface area contributed by atoms with Crippen LogP contribution in [-0.4, -0.2) is 17.5 Å². The van der Waals surface area contributed by atoms with Crippen LogP contribution in [0.5, 0.6) is 0 Å². The molecule has 4 unspecified atom stereocenters. The second-order valence-electron chi connectivity index (χ2n) is 7.45. The first-order valence-corrected chi connectivity index (χ1v) is 9.30. The molecule has 2 aliphatic carbocycles. The molecule has 0 bridgehead atoms. The Kier molecular flexibility index (Phi) is 4.70. The van der Waals surface area contributed by atoms with Gasteiger partial charge in [-0.25, -0.2) is 0 Å². The average molecular weight is 365 g/mol. The van der Waals surface area contributed by atoms with E-state index in [9.17, 15) is 9.59 Å². The van der Waals surface area contributed by atoms with Gasteiger partial charge in [0.25, 0.3) is 0 Å². The van der Waals surface area contributed by atoms with Gasteiger partial charge in [0, 0.05) is 5.92 Å². The number of hydrogen-bond acceptors (Lipinski definition) is 5. The predicted molar refractivity (Wildman–Crippen MR) is 99.1 cm³/mol. The predicted octanol–water partition coefficient (Wildman–Crippen LogP) is 2.83. The Bertz CT molecular complexity index is 823. The van der Waals surface area contributed by atoms with Crippen molar-refractivity contribution in [2.45, 2.75) is 31.6 Å². The molecular formula is C22H23NO4.